The molecule has 7 rings (SSSR count). The van der Waals surface area contributed by atoms with Gasteiger partial charge in [-0.15, -0.1) is 0 Å². The average Bonchev–Trinajstić information content (AvgIpc) is 3.71. The van der Waals surface area contributed by atoms with Crippen LogP contribution in [0.4, 0.5) is 42.5 Å². The van der Waals surface area contributed by atoms with E-state index in [0.29, 0.717) is 65.3 Å². The summed E-state index contributed by atoms with van der Waals surface area (Å²) in [5.41, 5.74) is 2.58. The van der Waals surface area contributed by atoms with Gasteiger partial charge in [0.05, 0.1) is 78.6 Å². The van der Waals surface area contributed by atoms with E-state index in [-0.39, 0.29) is 54.4 Å². The molecule has 17 nitrogen and oxygen atoms in total. The highest BCUT2D eigenvalue weighted by molar-refractivity contribution is 6.06. The maximum absolute atomic E-state index is 15.9. The minimum Gasteiger partial charge on any atom is -0.493 e. The molecule has 2 aromatic carbocycles. The molecule has 4 aromatic rings. The number of carbonyl (C=O) groups is 2. The van der Waals surface area contributed by atoms with E-state index in [9.17, 15) is 19.7 Å². The molecule has 0 spiro atoms. The van der Waals surface area contributed by atoms with Gasteiger partial charge in [-0.05, 0) is 40.3 Å². The van der Waals surface area contributed by atoms with Crippen LogP contribution >= 0.6 is 0 Å². The summed E-state index contributed by atoms with van der Waals surface area (Å²) in [4.78, 5) is 60.5. The molecule has 5 heterocycles. The van der Waals surface area contributed by atoms with Gasteiger partial charge in [-0.25, -0.2) is 23.5 Å². The maximum atomic E-state index is 15.9. The minimum absolute atomic E-state index is 0.0481. The monoisotopic (exact) mass is 839 g/mol. The second-order valence-corrected chi connectivity index (χ2v) is 15.2. The number of hydrogen-bond acceptors (Lipinski definition) is 13. The Hall–Kier alpha value is -6.86. The lowest BCUT2D eigenvalue weighted by Gasteiger charge is -2.36. The highest BCUT2D eigenvalue weighted by Crippen LogP contribution is 2.41. The second kappa shape index (κ2) is 18.2. The van der Waals surface area contributed by atoms with Crippen molar-refractivity contribution >= 4 is 47.0 Å². The number of urea groups is 1. The lowest BCUT2D eigenvalue weighted by molar-refractivity contribution is -0.880. The van der Waals surface area contributed by atoms with Crippen LogP contribution in [0.3, 0.4) is 0 Å². The van der Waals surface area contributed by atoms with Crippen LogP contribution < -0.4 is 29.5 Å². The Kier molecular flexibility index (Phi) is 12.6. The molecule has 0 saturated carbocycles. The summed E-state index contributed by atoms with van der Waals surface area (Å²) >= 11 is 0. The van der Waals surface area contributed by atoms with E-state index in [1.165, 1.54) is 37.6 Å². The van der Waals surface area contributed by atoms with Crippen molar-refractivity contribution in [2.24, 2.45) is 4.99 Å². The summed E-state index contributed by atoms with van der Waals surface area (Å²) in [6.45, 7) is 3.24. The smallest absolute Gasteiger partial charge is 0.368 e. The number of allylic oxidation sites excluding steroid dienone is 1. The molecule has 1 fully saturated rings. The fraction of sp³-hybridized carbons (Fsp3) is 0.333. The Morgan fingerprint density at radius 3 is 2.46 bits per heavy atom. The number of amides is 2. The minimum atomic E-state index is -1.09. The van der Waals surface area contributed by atoms with Gasteiger partial charge in [0.25, 0.3) is 0 Å². The molecule has 3 aliphatic heterocycles. The lowest BCUT2D eigenvalue weighted by atomic mass is 10.0. The number of nitro groups is 1. The molecule has 0 bridgehead atoms. The molecule has 1 saturated heterocycles. The summed E-state index contributed by atoms with van der Waals surface area (Å²) in [6, 6.07) is 11.1. The van der Waals surface area contributed by atoms with Gasteiger partial charge in [0.15, 0.2) is 28.9 Å². The number of halogens is 2. The Morgan fingerprint density at radius 1 is 1.03 bits per heavy atom. The van der Waals surface area contributed by atoms with Gasteiger partial charge in [0, 0.05) is 43.8 Å². The number of carbonyl (C=O) groups excluding carboxylic acids is 2. The van der Waals surface area contributed by atoms with E-state index in [1.54, 1.807) is 42.6 Å². The predicted molar refractivity (Wildman–Crippen MR) is 223 cm³/mol. The molecule has 0 unspecified atom stereocenters. The first-order valence-corrected chi connectivity index (χ1v) is 19.4. The van der Waals surface area contributed by atoms with Crippen molar-refractivity contribution in [1.82, 2.24) is 15.0 Å². The normalized spacial score (nSPS) is 15.4. The van der Waals surface area contributed by atoms with Crippen molar-refractivity contribution in [3.8, 4) is 11.5 Å². The van der Waals surface area contributed by atoms with Gasteiger partial charge in [-0.3, -0.25) is 14.6 Å². The van der Waals surface area contributed by atoms with Gasteiger partial charge < -0.3 is 39.0 Å². The third kappa shape index (κ3) is 9.63. The van der Waals surface area contributed by atoms with Crippen molar-refractivity contribution in [3.63, 3.8) is 0 Å². The van der Waals surface area contributed by atoms with E-state index < -0.39 is 28.3 Å². The summed E-state index contributed by atoms with van der Waals surface area (Å²) in [6.07, 6.45) is 8.45. The van der Waals surface area contributed by atoms with Crippen LogP contribution in [0.15, 0.2) is 83.4 Å². The molecule has 2 amide bonds. The third-order valence-corrected chi connectivity index (χ3v) is 10.3. The van der Waals surface area contributed by atoms with Crippen molar-refractivity contribution in [3.05, 3.63) is 117 Å². The number of nitrogens with one attached hydrogen (secondary N) is 1. The maximum Gasteiger partial charge on any atom is 0.368 e. The van der Waals surface area contributed by atoms with Gasteiger partial charge in [-0.2, -0.15) is 4.98 Å². The number of hydrogen-bond donors (Lipinski definition) is 1. The molecule has 61 heavy (non-hydrogen) atoms. The highest BCUT2D eigenvalue weighted by Gasteiger charge is 2.38. The van der Waals surface area contributed by atoms with Crippen LogP contribution in [0.1, 0.15) is 23.1 Å². The lowest BCUT2D eigenvalue weighted by Crippen LogP contribution is -2.48. The number of rotatable bonds is 16. The van der Waals surface area contributed by atoms with Crippen LogP contribution in [0.5, 0.6) is 11.5 Å². The number of morpholine rings is 1. The van der Waals surface area contributed by atoms with Crippen LogP contribution in [-0.4, -0.2) is 110 Å². The molecule has 3 aliphatic rings. The van der Waals surface area contributed by atoms with Gasteiger partial charge in [0.1, 0.15) is 30.1 Å². The summed E-state index contributed by atoms with van der Waals surface area (Å²) in [7, 11) is 6.28. The molecule has 19 heteroatoms. The number of pyridine rings is 1. The number of fused-ring (bicyclic) bond motifs is 1. The van der Waals surface area contributed by atoms with E-state index in [2.05, 4.69) is 25.2 Å². The first kappa shape index (κ1) is 42.3. The van der Waals surface area contributed by atoms with Crippen molar-refractivity contribution < 1.29 is 42.0 Å². The number of likely N-dealkylation sites (N-methyl/N-ethyl adjacent to an activating group) is 1. The van der Waals surface area contributed by atoms with Crippen molar-refractivity contribution in [1.29, 1.82) is 0 Å². The number of ketones is 1. The van der Waals surface area contributed by atoms with E-state index in [1.807, 2.05) is 20.2 Å². The number of benzene rings is 2. The van der Waals surface area contributed by atoms with Crippen LogP contribution in [0, 0.1) is 21.7 Å². The topological polar surface area (TPSA) is 178 Å². The Labute approximate surface area is 350 Å². The standard InChI is InChI=1S/C42H45F2N10O7/c1-54(2,26-29-12-13-45-39(29)53(57)58)16-6-9-32(55)20-27-7-5-8-28(19-27)24-52-40-30(25-51(42(52)56)38-36(43)33(59-3)21-34(60-4)37(38)44)22-47-41(49-40)48-35-11-10-31(23-46-35)50-14-17-61-18-15-50/h5-11,13,19,21-23H,12,14-18,20,24-26H2,1-4H3,(H,46,47,48,49)/q+1/b9-6+. The molecular weight excluding hydrogens is 795 g/mol. The van der Waals surface area contributed by atoms with Crippen LogP contribution in [-0.2, 0) is 29.0 Å². The Bertz CT molecular complexity index is 2390. The number of aromatic nitrogens is 3. The third-order valence-electron chi connectivity index (χ3n) is 10.3. The van der Waals surface area contributed by atoms with Crippen molar-refractivity contribution in [2.75, 3.05) is 87.7 Å². The quantitative estimate of drug-likeness (QED) is 0.0641. The Morgan fingerprint density at radius 2 is 1.77 bits per heavy atom. The molecular formula is C42H45F2N10O7+. The fourth-order valence-corrected chi connectivity index (χ4v) is 7.36. The van der Waals surface area contributed by atoms with E-state index in [0.717, 1.165) is 29.7 Å². The number of anilines is 5. The van der Waals surface area contributed by atoms with Crippen molar-refractivity contribution in [2.45, 2.75) is 25.9 Å². The van der Waals surface area contributed by atoms with Gasteiger partial charge >= 0.3 is 11.9 Å². The number of nitrogens with zero attached hydrogens (tertiary/aromatic N) is 9. The fourth-order valence-electron chi connectivity index (χ4n) is 7.36. The largest absolute Gasteiger partial charge is 0.493 e. The first-order valence-electron chi connectivity index (χ1n) is 19.4. The molecule has 1 N–H and O–H groups in total. The van der Waals surface area contributed by atoms with Crippen LogP contribution in [0.25, 0.3) is 0 Å². The molecule has 318 valence electrons. The molecule has 2 aromatic heterocycles. The number of quaternary nitrogens is 1. The number of ether oxygens (including phenoxy) is 3. The summed E-state index contributed by atoms with van der Waals surface area (Å²) in [5.74, 6) is -2.33. The van der Waals surface area contributed by atoms with E-state index >= 15 is 8.78 Å². The summed E-state index contributed by atoms with van der Waals surface area (Å²) < 4.78 is 47.9. The average molecular weight is 840 g/mol. The van der Waals surface area contributed by atoms with E-state index in [4.69, 9.17) is 19.2 Å². The molecule has 0 aliphatic carbocycles. The SMILES string of the molecule is COc1cc(OC)c(F)c(N2Cc3cnc(Nc4ccc(N5CCOCC5)cn4)nc3N(Cc3cccc(CC(=O)/C=C/C[N+](C)(C)CC4=C([N+](=O)[O-])N=CC4)c3)C2=O)c1F. The zero-order chi connectivity index (χ0) is 43.3. The van der Waals surface area contributed by atoms with Gasteiger partial charge in [0.2, 0.25) is 5.95 Å². The predicted octanol–water partition coefficient (Wildman–Crippen LogP) is 5.60. The number of methoxy groups -OCH3 is 2. The van der Waals surface area contributed by atoms with Crippen LogP contribution in [0.2, 0.25) is 0 Å². The van der Waals surface area contributed by atoms with Gasteiger partial charge in [-0.1, -0.05) is 29.3 Å². The number of aliphatic imine (C=N–C) groups is 1. The summed E-state index contributed by atoms with van der Waals surface area (Å²) in [5, 5.41) is 14.4. The highest BCUT2D eigenvalue weighted by atomic mass is 19.1. The zero-order valence-electron chi connectivity index (χ0n) is 34.1. The molecule has 0 atom stereocenters. The Balaban J connectivity index is 1.13. The first-order chi connectivity index (χ1) is 29.3. The zero-order valence-corrected chi connectivity index (χ0v) is 34.1. The molecule has 0 radical (unpaired) electrons. The second-order valence-electron chi connectivity index (χ2n) is 15.2.